The van der Waals surface area contributed by atoms with Crippen molar-refractivity contribution in [3.63, 3.8) is 0 Å². The van der Waals surface area contributed by atoms with Gasteiger partial charge < -0.3 is 9.64 Å². The van der Waals surface area contributed by atoms with Crippen LogP contribution in [0.2, 0.25) is 0 Å². The summed E-state index contributed by atoms with van der Waals surface area (Å²) in [7, 11) is 0. The number of benzene rings is 1. The molecule has 0 radical (unpaired) electrons. The van der Waals surface area contributed by atoms with Crippen molar-refractivity contribution in [1.82, 2.24) is 0 Å². The predicted molar refractivity (Wildman–Crippen MR) is 71.6 cm³/mol. The zero-order chi connectivity index (χ0) is 11.9. The Labute approximate surface area is 103 Å². The number of rotatable bonds is 1. The van der Waals surface area contributed by atoms with Crippen LogP contribution >= 0.6 is 0 Å². The number of fused-ring (bicyclic) bond motifs is 1. The Morgan fingerprint density at radius 3 is 2.71 bits per heavy atom. The first kappa shape index (κ1) is 10.7. The molecule has 90 valence electrons. The minimum Gasteiger partial charge on any atom is -0.483 e. The minimum absolute atomic E-state index is 0.178. The average molecular weight is 229 g/mol. The van der Waals surface area contributed by atoms with Gasteiger partial charge in [-0.15, -0.1) is 0 Å². The van der Waals surface area contributed by atoms with Crippen LogP contribution in [0.5, 0.6) is 5.75 Å². The normalized spacial score (nSPS) is 21.2. The smallest absolute Gasteiger partial charge is 0.127 e. The summed E-state index contributed by atoms with van der Waals surface area (Å²) in [6.07, 6.45) is 6.94. The molecular weight excluding hydrogens is 210 g/mol. The highest BCUT2D eigenvalue weighted by molar-refractivity contribution is 5.66. The van der Waals surface area contributed by atoms with Crippen molar-refractivity contribution in [3.8, 4) is 5.75 Å². The van der Waals surface area contributed by atoms with Gasteiger partial charge >= 0.3 is 0 Å². The third-order valence-electron chi connectivity index (χ3n) is 3.50. The standard InChI is InChI=1S/C15H19NO/c1-15(2)8-7-12-11-13(5-6-14(12)17-15)16-9-3-4-10-16/h5-8,11H,3-4,9-10H2,1-2H3. The molecule has 2 nitrogen and oxygen atoms in total. The average Bonchev–Trinajstić information content (AvgIpc) is 2.81. The molecule has 0 saturated carbocycles. The lowest BCUT2D eigenvalue weighted by Crippen LogP contribution is -2.27. The maximum Gasteiger partial charge on any atom is 0.127 e. The maximum absolute atomic E-state index is 5.93. The molecule has 2 heterocycles. The van der Waals surface area contributed by atoms with Gasteiger partial charge in [-0.2, -0.15) is 0 Å². The fourth-order valence-electron chi connectivity index (χ4n) is 2.54. The Morgan fingerprint density at radius 1 is 1.18 bits per heavy atom. The first-order valence-electron chi connectivity index (χ1n) is 6.41. The second-order valence-corrected chi connectivity index (χ2v) is 5.46. The monoisotopic (exact) mass is 229 g/mol. The molecule has 0 aliphatic carbocycles. The lowest BCUT2D eigenvalue weighted by Gasteiger charge is -2.29. The fraction of sp³-hybridized carbons (Fsp3) is 0.467. The van der Waals surface area contributed by atoms with Gasteiger partial charge in [-0.3, -0.25) is 0 Å². The third kappa shape index (κ3) is 2.04. The predicted octanol–water partition coefficient (Wildman–Crippen LogP) is 3.47. The van der Waals surface area contributed by atoms with Crippen LogP contribution in [0.1, 0.15) is 32.3 Å². The molecule has 17 heavy (non-hydrogen) atoms. The Bertz CT molecular complexity index is 456. The van der Waals surface area contributed by atoms with Gasteiger partial charge in [-0.25, -0.2) is 0 Å². The zero-order valence-electron chi connectivity index (χ0n) is 10.6. The lowest BCUT2D eigenvalue weighted by atomic mass is 10.0. The Morgan fingerprint density at radius 2 is 1.94 bits per heavy atom. The van der Waals surface area contributed by atoms with Gasteiger partial charge in [0.25, 0.3) is 0 Å². The van der Waals surface area contributed by atoms with E-state index in [4.69, 9.17) is 4.74 Å². The molecule has 0 atom stereocenters. The van der Waals surface area contributed by atoms with Crippen LogP contribution < -0.4 is 9.64 Å². The summed E-state index contributed by atoms with van der Waals surface area (Å²) in [5.41, 5.74) is 2.35. The van der Waals surface area contributed by atoms with E-state index < -0.39 is 0 Å². The highest BCUT2D eigenvalue weighted by atomic mass is 16.5. The van der Waals surface area contributed by atoms with E-state index in [0.717, 1.165) is 5.75 Å². The van der Waals surface area contributed by atoms with Crippen molar-refractivity contribution < 1.29 is 4.74 Å². The van der Waals surface area contributed by atoms with Gasteiger partial charge in [0.15, 0.2) is 0 Å². The minimum atomic E-state index is -0.178. The van der Waals surface area contributed by atoms with Crippen LogP contribution in [0.4, 0.5) is 5.69 Å². The van der Waals surface area contributed by atoms with Crippen LogP contribution in [0, 0.1) is 0 Å². The molecule has 1 saturated heterocycles. The molecule has 0 bridgehead atoms. The first-order valence-corrected chi connectivity index (χ1v) is 6.41. The number of anilines is 1. The van der Waals surface area contributed by atoms with Crippen molar-refractivity contribution in [2.45, 2.75) is 32.3 Å². The second-order valence-electron chi connectivity index (χ2n) is 5.46. The van der Waals surface area contributed by atoms with Crippen LogP contribution in [0.3, 0.4) is 0 Å². The first-order chi connectivity index (χ1) is 8.14. The van der Waals surface area contributed by atoms with Crippen molar-refractivity contribution in [1.29, 1.82) is 0 Å². The summed E-state index contributed by atoms with van der Waals surface area (Å²) in [5, 5.41) is 0. The second kappa shape index (κ2) is 3.80. The summed E-state index contributed by atoms with van der Waals surface area (Å²) in [5.74, 6) is 1.00. The largest absolute Gasteiger partial charge is 0.483 e. The Balaban J connectivity index is 1.92. The van der Waals surface area contributed by atoms with E-state index in [1.807, 2.05) is 0 Å². The number of hydrogen-bond donors (Lipinski definition) is 0. The molecule has 1 fully saturated rings. The van der Waals surface area contributed by atoms with E-state index in [9.17, 15) is 0 Å². The molecule has 0 N–H and O–H groups in total. The molecule has 0 spiro atoms. The summed E-state index contributed by atoms with van der Waals surface area (Å²) in [6.45, 7) is 6.55. The van der Waals surface area contributed by atoms with Crippen molar-refractivity contribution in [2.24, 2.45) is 0 Å². The summed E-state index contributed by atoms with van der Waals surface area (Å²) < 4.78 is 5.93. The van der Waals surface area contributed by atoms with Crippen LogP contribution in [0.15, 0.2) is 24.3 Å². The molecule has 0 amide bonds. The molecule has 2 heteroatoms. The van der Waals surface area contributed by atoms with Crippen molar-refractivity contribution >= 4 is 11.8 Å². The Hall–Kier alpha value is -1.44. The highest BCUT2D eigenvalue weighted by Crippen LogP contribution is 2.34. The number of hydrogen-bond acceptors (Lipinski definition) is 2. The molecule has 2 aliphatic heterocycles. The SMILES string of the molecule is CC1(C)C=Cc2cc(N3CCCC3)ccc2O1. The van der Waals surface area contributed by atoms with E-state index in [1.54, 1.807) is 0 Å². The summed E-state index contributed by atoms with van der Waals surface area (Å²) in [4.78, 5) is 2.45. The van der Waals surface area contributed by atoms with E-state index in [-0.39, 0.29) is 5.60 Å². The summed E-state index contributed by atoms with van der Waals surface area (Å²) in [6, 6.07) is 6.53. The summed E-state index contributed by atoms with van der Waals surface area (Å²) >= 11 is 0. The fourth-order valence-corrected chi connectivity index (χ4v) is 2.54. The molecule has 0 aromatic heterocycles. The van der Waals surface area contributed by atoms with Crippen LogP contribution in [-0.4, -0.2) is 18.7 Å². The van der Waals surface area contributed by atoms with Crippen LogP contribution in [-0.2, 0) is 0 Å². The van der Waals surface area contributed by atoms with Crippen LogP contribution in [0.25, 0.3) is 6.08 Å². The van der Waals surface area contributed by atoms with E-state index >= 15 is 0 Å². The third-order valence-corrected chi connectivity index (χ3v) is 3.50. The van der Waals surface area contributed by atoms with Gasteiger partial charge in [0.1, 0.15) is 11.4 Å². The maximum atomic E-state index is 5.93. The van der Waals surface area contributed by atoms with Gasteiger partial charge in [0.05, 0.1) is 0 Å². The van der Waals surface area contributed by atoms with Gasteiger partial charge in [-0.05, 0) is 51.0 Å². The van der Waals surface area contributed by atoms with E-state index in [0.29, 0.717) is 0 Å². The van der Waals surface area contributed by atoms with Crippen molar-refractivity contribution in [3.05, 3.63) is 29.8 Å². The van der Waals surface area contributed by atoms with Crippen molar-refractivity contribution in [2.75, 3.05) is 18.0 Å². The van der Waals surface area contributed by atoms with Gasteiger partial charge in [0.2, 0.25) is 0 Å². The number of nitrogens with zero attached hydrogens (tertiary/aromatic N) is 1. The molecule has 1 aromatic carbocycles. The molecule has 1 aromatic rings. The highest BCUT2D eigenvalue weighted by Gasteiger charge is 2.22. The molecule has 2 aliphatic rings. The topological polar surface area (TPSA) is 12.5 Å². The molecule has 0 unspecified atom stereocenters. The van der Waals surface area contributed by atoms with Gasteiger partial charge in [-0.1, -0.05) is 6.08 Å². The van der Waals surface area contributed by atoms with Gasteiger partial charge in [0, 0.05) is 24.3 Å². The van der Waals surface area contributed by atoms with E-state index in [1.165, 1.54) is 37.2 Å². The van der Waals surface area contributed by atoms with E-state index in [2.05, 4.69) is 49.1 Å². The zero-order valence-corrected chi connectivity index (χ0v) is 10.6. The molecule has 3 rings (SSSR count). The lowest BCUT2D eigenvalue weighted by molar-refractivity contribution is 0.159. The Kier molecular flexibility index (Phi) is 2.39. The number of ether oxygens (including phenoxy) is 1. The molecular formula is C15H19NO. The quantitative estimate of drug-likeness (QED) is 0.731.